The minimum Gasteiger partial charge on any atom is -0.383 e. The number of carbonyl (C=O) groups excluding carboxylic acids is 1. The summed E-state index contributed by atoms with van der Waals surface area (Å²) in [6, 6.07) is 3.83. The van der Waals surface area contributed by atoms with Crippen molar-refractivity contribution in [1.82, 2.24) is 25.1 Å². The van der Waals surface area contributed by atoms with Gasteiger partial charge in [-0.1, -0.05) is 18.7 Å². The molecule has 9 heteroatoms. The maximum atomic E-state index is 11.4. The average Bonchev–Trinajstić information content (AvgIpc) is 3.00. The summed E-state index contributed by atoms with van der Waals surface area (Å²) >= 11 is 1.48. The van der Waals surface area contributed by atoms with Crippen LogP contribution >= 0.6 is 11.8 Å². The fourth-order valence-corrected chi connectivity index (χ4v) is 2.99. The Kier molecular flexibility index (Phi) is 4.89. The van der Waals surface area contributed by atoms with Crippen LogP contribution in [0.2, 0.25) is 0 Å². The van der Waals surface area contributed by atoms with E-state index in [0.29, 0.717) is 30.5 Å². The van der Waals surface area contributed by atoms with Gasteiger partial charge in [-0.15, -0.1) is 0 Å². The minimum atomic E-state index is 0.0312. The predicted octanol–water partition coefficient (Wildman–Crippen LogP) is 1.02. The van der Waals surface area contributed by atoms with E-state index in [-0.39, 0.29) is 5.91 Å². The fourth-order valence-electron chi connectivity index (χ4n) is 2.61. The Labute approximate surface area is 144 Å². The van der Waals surface area contributed by atoms with Crippen molar-refractivity contribution in [3.63, 3.8) is 0 Å². The summed E-state index contributed by atoms with van der Waals surface area (Å²) in [5.74, 6) is 1.34. The van der Waals surface area contributed by atoms with Crippen LogP contribution in [-0.4, -0.2) is 38.5 Å². The highest BCUT2D eigenvalue weighted by atomic mass is 32.2. The van der Waals surface area contributed by atoms with Gasteiger partial charge in [0.15, 0.2) is 5.16 Å². The Morgan fingerprint density at radius 3 is 2.96 bits per heavy atom. The van der Waals surface area contributed by atoms with Gasteiger partial charge in [0.05, 0.1) is 31.0 Å². The zero-order chi connectivity index (χ0) is 17.1. The lowest BCUT2D eigenvalue weighted by atomic mass is 10.2. The lowest BCUT2D eigenvalue weighted by molar-refractivity contribution is -0.120. The van der Waals surface area contributed by atoms with Crippen LogP contribution in [0.1, 0.15) is 24.7 Å². The smallest absolute Gasteiger partial charge is 0.220 e. The summed E-state index contributed by atoms with van der Waals surface area (Å²) in [5.41, 5.74) is 7.85. The highest BCUT2D eigenvalue weighted by Gasteiger charge is 2.20. The van der Waals surface area contributed by atoms with Crippen LogP contribution in [0.15, 0.2) is 17.3 Å². The quantitative estimate of drug-likeness (QED) is 0.615. The molecule has 1 amide bonds. The number of amides is 1. The molecule has 0 atom stereocenters. The molecule has 0 fully saturated rings. The molecule has 0 bridgehead atoms. The lowest BCUT2D eigenvalue weighted by Crippen LogP contribution is -2.34. The van der Waals surface area contributed by atoms with E-state index in [4.69, 9.17) is 5.73 Å². The minimum absolute atomic E-state index is 0.0312. The van der Waals surface area contributed by atoms with Gasteiger partial charge in [0, 0.05) is 19.0 Å². The first-order chi connectivity index (χ1) is 11.6. The molecule has 128 valence electrons. The molecule has 2 aromatic rings. The van der Waals surface area contributed by atoms with E-state index in [1.54, 1.807) is 6.07 Å². The van der Waals surface area contributed by atoms with E-state index in [0.717, 1.165) is 30.3 Å². The number of nitrogens with one attached hydrogen (secondary N) is 1. The maximum absolute atomic E-state index is 11.4. The third kappa shape index (κ3) is 3.61. The molecule has 1 aliphatic heterocycles. The largest absolute Gasteiger partial charge is 0.383 e. The van der Waals surface area contributed by atoms with Crippen molar-refractivity contribution >= 4 is 29.3 Å². The third-order valence-corrected chi connectivity index (χ3v) is 4.40. The monoisotopic (exact) mass is 347 g/mol. The second-order valence-electron chi connectivity index (χ2n) is 5.54. The van der Waals surface area contributed by atoms with Gasteiger partial charge in [-0.05, 0) is 12.3 Å². The van der Waals surface area contributed by atoms with Crippen LogP contribution in [0.25, 0.3) is 0 Å². The van der Waals surface area contributed by atoms with Gasteiger partial charge in [-0.25, -0.2) is 9.97 Å². The topological polar surface area (TPSA) is 102 Å². The van der Waals surface area contributed by atoms with Crippen LogP contribution in [-0.2, 0) is 24.4 Å². The van der Waals surface area contributed by atoms with Crippen LogP contribution in [0.3, 0.4) is 0 Å². The number of anilines is 2. The maximum Gasteiger partial charge on any atom is 0.220 e. The van der Waals surface area contributed by atoms with Crippen LogP contribution in [0, 0.1) is 0 Å². The molecule has 8 nitrogen and oxygen atoms in total. The average molecular weight is 347 g/mol. The molecule has 1 aliphatic rings. The number of rotatable bonds is 5. The van der Waals surface area contributed by atoms with Crippen molar-refractivity contribution in [2.45, 2.75) is 38.1 Å². The number of thioether (sulfide) groups is 1. The zero-order valence-corrected chi connectivity index (χ0v) is 14.6. The zero-order valence-electron chi connectivity index (χ0n) is 13.8. The predicted molar refractivity (Wildman–Crippen MR) is 93.6 cm³/mol. The van der Waals surface area contributed by atoms with Crippen molar-refractivity contribution < 1.29 is 4.79 Å². The molecule has 2 aromatic heterocycles. The summed E-state index contributed by atoms with van der Waals surface area (Å²) < 4.78 is 1.99. The summed E-state index contributed by atoms with van der Waals surface area (Å²) in [7, 11) is 0. The van der Waals surface area contributed by atoms with Gasteiger partial charge >= 0.3 is 0 Å². The van der Waals surface area contributed by atoms with Crippen molar-refractivity contribution in [2.75, 3.05) is 23.4 Å². The number of nitrogen functional groups attached to an aromatic ring is 1. The molecule has 3 heterocycles. The molecular formula is C15H21N7OS. The SMILES string of the molecule is CCC(=O)NCc1cc2n(n1)CCN(c1cc(N)nc(SC)n1)C2. The van der Waals surface area contributed by atoms with Crippen LogP contribution in [0.4, 0.5) is 11.6 Å². The molecule has 0 saturated heterocycles. The van der Waals surface area contributed by atoms with E-state index in [9.17, 15) is 4.79 Å². The molecule has 0 radical (unpaired) electrons. The lowest BCUT2D eigenvalue weighted by Gasteiger charge is -2.28. The molecule has 0 aliphatic carbocycles. The van der Waals surface area contributed by atoms with Crippen LogP contribution < -0.4 is 16.0 Å². The second-order valence-corrected chi connectivity index (χ2v) is 6.31. The first-order valence-corrected chi connectivity index (χ1v) is 9.07. The number of nitrogens with two attached hydrogens (primary N) is 1. The highest BCUT2D eigenvalue weighted by molar-refractivity contribution is 7.98. The molecular weight excluding hydrogens is 326 g/mol. The van der Waals surface area contributed by atoms with Crippen molar-refractivity contribution in [2.24, 2.45) is 0 Å². The number of hydrogen-bond donors (Lipinski definition) is 2. The molecule has 0 unspecified atom stereocenters. The van der Waals surface area contributed by atoms with Gasteiger partial charge < -0.3 is 16.0 Å². The molecule has 0 aromatic carbocycles. The Bertz CT molecular complexity index is 745. The first-order valence-electron chi connectivity index (χ1n) is 7.85. The standard InChI is InChI=1S/C15H21N7OS/c1-3-14(23)17-8-10-6-11-9-21(4-5-22(11)20-10)13-7-12(16)18-15(19-13)24-2/h6-7H,3-5,8-9H2,1-2H3,(H,17,23)(H2,16,18,19). The van der Waals surface area contributed by atoms with E-state index in [2.05, 4.69) is 25.3 Å². The Morgan fingerprint density at radius 1 is 1.38 bits per heavy atom. The van der Waals surface area contributed by atoms with E-state index in [1.165, 1.54) is 11.8 Å². The molecule has 3 N–H and O–H groups in total. The molecule has 3 rings (SSSR count). The summed E-state index contributed by atoms with van der Waals surface area (Å²) in [4.78, 5) is 22.3. The normalized spacial score (nSPS) is 13.7. The summed E-state index contributed by atoms with van der Waals surface area (Å²) in [6.07, 6.45) is 2.41. The highest BCUT2D eigenvalue weighted by Crippen LogP contribution is 2.23. The number of aromatic nitrogens is 4. The van der Waals surface area contributed by atoms with Gasteiger partial charge in [-0.3, -0.25) is 9.48 Å². The molecule has 0 saturated carbocycles. The van der Waals surface area contributed by atoms with Crippen molar-refractivity contribution in [3.05, 3.63) is 23.5 Å². The molecule has 24 heavy (non-hydrogen) atoms. The van der Waals surface area contributed by atoms with E-state index >= 15 is 0 Å². The van der Waals surface area contributed by atoms with Crippen LogP contribution in [0.5, 0.6) is 0 Å². The summed E-state index contributed by atoms with van der Waals surface area (Å²) in [5, 5.41) is 8.08. The third-order valence-electron chi connectivity index (χ3n) is 3.85. The number of hydrogen-bond acceptors (Lipinski definition) is 7. The fraction of sp³-hybridized carbons (Fsp3) is 0.467. The Hall–Kier alpha value is -2.29. The number of fused-ring (bicyclic) bond motifs is 1. The van der Waals surface area contributed by atoms with E-state index < -0.39 is 0 Å². The van der Waals surface area contributed by atoms with Gasteiger partial charge in [0.1, 0.15) is 11.6 Å². The molecule has 0 spiro atoms. The summed E-state index contributed by atoms with van der Waals surface area (Å²) in [6.45, 7) is 4.58. The second kappa shape index (κ2) is 7.08. The number of nitrogens with zero attached hydrogens (tertiary/aromatic N) is 5. The van der Waals surface area contributed by atoms with Gasteiger partial charge in [-0.2, -0.15) is 5.10 Å². The van der Waals surface area contributed by atoms with Gasteiger partial charge in [0.25, 0.3) is 0 Å². The first kappa shape index (κ1) is 16.6. The van der Waals surface area contributed by atoms with Crippen molar-refractivity contribution in [3.8, 4) is 0 Å². The number of carbonyl (C=O) groups is 1. The Balaban J connectivity index is 1.73. The van der Waals surface area contributed by atoms with Gasteiger partial charge in [0.2, 0.25) is 5.91 Å². The van der Waals surface area contributed by atoms with Crippen molar-refractivity contribution in [1.29, 1.82) is 0 Å². The Morgan fingerprint density at radius 2 is 2.21 bits per heavy atom. The van der Waals surface area contributed by atoms with E-state index in [1.807, 2.05) is 23.9 Å².